The highest BCUT2D eigenvalue weighted by Crippen LogP contribution is 2.32. The quantitative estimate of drug-likeness (QED) is 0.382. The fraction of sp³-hybridized carbons (Fsp3) is 0.227. The Labute approximate surface area is 190 Å². The standard InChI is InChI=1S/C22H17F3N6O3/c1-12(28-21(33)18-9-14(26-11-27-18)4-2-3-7-32)16-10-19(34-31-16)20-29-15-6-5-13(22(23,24)25)8-17(15)30-20/h5-6,8-12,32H,3,7H2,1H3,(H,28,33)(H,29,30)/t12-/m1/s1. The average Bonchev–Trinajstić information content (AvgIpc) is 3.45. The highest BCUT2D eigenvalue weighted by molar-refractivity contribution is 5.92. The molecule has 1 amide bonds. The number of alkyl halides is 3. The number of rotatable bonds is 5. The van der Waals surface area contributed by atoms with Crippen molar-refractivity contribution in [1.82, 2.24) is 30.4 Å². The van der Waals surface area contributed by atoms with E-state index >= 15 is 0 Å². The number of nitrogens with one attached hydrogen (secondary N) is 2. The molecule has 0 saturated carbocycles. The first kappa shape index (κ1) is 22.9. The van der Waals surface area contributed by atoms with Crippen molar-refractivity contribution in [3.8, 4) is 23.4 Å². The first-order chi connectivity index (χ1) is 16.2. The van der Waals surface area contributed by atoms with E-state index in [1.165, 1.54) is 24.5 Å². The molecule has 3 heterocycles. The van der Waals surface area contributed by atoms with Gasteiger partial charge >= 0.3 is 6.18 Å². The second kappa shape index (κ2) is 9.32. The maximum Gasteiger partial charge on any atom is 0.416 e. The van der Waals surface area contributed by atoms with Gasteiger partial charge in [0.2, 0.25) is 5.76 Å². The SMILES string of the molecule is C[C@@H](NC(=O)c1cc(C#CCCO)ncn1)c1cc(-c2nc3ccc(C(F)(F)F)cc3[nH]2)on1. The molecule has 174 valence electrons. The van der Waals surface area contributed by atoms with Crippen LogP contribution in [0, 0.1) is 11.8 Å². The van der Waals surface area contributed by atoms with Gasteiger partial charge in [-0.25, -0.2) is 15.0 Å². The van der Waals surface area contributed by atoms with Crippen LogP contribution in [0.15, 0.2) is 41.2 Å². The Hall–Kier alpha value is -4.24. The maximum atomic E-state index is 12.9. The number of aromatic amines is 1. The Morgan fingerprint density at radius 3 is 2.85 bits per heavy atom. The second-order valence-electron chi connectivity index (χ2n) is 7.19. The van der Waals surface area contributed by atoms with Gasteiger partial charge in [0.25, 0.3) is 5.91 Å². The Morgan fingerprint density at radius 2 is 2.09 bits per heavy atom. The Balaban J connectivity index is 1.48. The second-order valence-corrected chi connectivity index (χ2v) is 7.19. The molecular weight excluding hydrogens is 453 g/mol. The number of carbonyl (C=O) groups is 1. The predicted octanol–water partition coefficient (Wildman–Crippen LogP) is 3.25. The fourth-order valence-electron chi connectivity index (χ4n) is 3.01. The molecule has 9 nitrogen and oxygen atoms in total. The minimum Gasteiger partial charge on any atom is -0.395 e. The summed E-state index contributed by atoms with van der Waals surface area (Å²) in [6, 6.07) is 5.56. The maximum absolute atomic E-state index is 12.9. The lowest BCUT2D eigenvalue weighted by molar-refractivity contribution is -0.137. The number of benzene rings is 1. The molecule has 12 heteroatoms. The summed E-state index contributed by atoms with van der Waals surface area (Å²) in [7, 11) is 0. The third-order valence-electron chi connectivity index (χ3n) is 4.72. The third kappa shape index (κ3) is 5.05. The summed E-state index contributed by atoms with van der Waals surface area (Å²) in [4.78, 5) is 27.5. The van der Waals surface area contributed by atoms with Crippen molar-refractivity contribution in [3.05, 3.63) is 59.3 Å². The number of H-pyrrole nitrogens is 1. The number of aliphatic hydroxyl groups is 1. The van der Waals surface area contributed by atoms with Gasteiger partial charge < -0.3 is 19.9 Å². The topological polar surface area (TPSA) is 130 Å². The molecule has 34 heavy (non-hydrogen) atoms. The van der Waals surface area contributed by atoms with E-state index in [4.69, 9.17) is 9.63 Å². The van der Waals surface area contributed by atoms with Crippen LogP contribution >= 0.6 is 0 Å². The van der Waals surface area contributed by atoms with Crippen LogP contribution in [-0.2, 0) is 6.18 Å². The van der Waals surface area contributed by atoms with E-state index in [1.54, 1.807) is 6.92 Å². The summed E-state index contributed by atoms with van der Waals surface area (Å²) in [6.45, 7) is 1.60. The number of amides is 1. The zero-order valence-corrected chi connectivity index (χ0v) is 17.6. The molecule has 4 rings (SSSR count). The number of aliphatic hydroxyl groups excluding tert-OH is 1. The number of fused-ring (bicyclic) bond motifs is 1. The normalized spacial score (nSPS) is 12.3. The number of hydrogen-bond acceptors (Lipinski definition) is 7. The minimum atomic E-state index is -4.47. The molecule has 0 fully saturated rings. The van der Waals surface area contributed by atoms with Crippen LogP contribution in [-0.4, -0.2) is 42.7 Å². The van der Waals surface area contributed by atoms with Crippen molar-refractivity contribution >= 4 is 16.9 Å². The fourth-order valence-corrected chi connectivity index (χ4v) is 3.01. The van der Waals surface area contributed by atoms with Crippen LogP contribution in [0.5, 0.6) is 0 Å². The number of aromatic nitrogens is 5. The smallest absolute Gasteiger partial charge is 0.395 e. The van der Waals surface area contributed by atoms with Gasteiger partial charge in [-0.15, -0.1) is 0 Å². The van der Waals surface area contributed by atoms with E-state index < -0.39 is 23.7 Å². The zero-order valence-electron chi connectivity index (χ0n) is 17.6. The number of hydrogen-bond donors (Lipinski definition) is 3. The average molecular weight is 470 g/mol. The summed E-state index contributed by atoms with van der Waals surface area (Å²) in [6.07, 6.45) is -2.97. The summed E-state index contributed by atoms with van der Waals surface area (Å²) >= 11 is 0. The molecule has 4 aromatic rings. The van der Waals surface area contributed by atoms with Crippen molar-refractivity contribution < 1.29 is 27.6 Å². The number of imidazole rings is 1. The summed E-state index contributed by atoms with van der Waals surface area (Å²) in [5, 5.41) is 15.4. The van der Waals surface area contributed by atoms with Crippen LogP contribution in [0.4, 0.5) is 13.2 Å². The highest BCUT2D eigenvalue weighted by Gasteiger charge is 2.31. The number of nitrogens with zero attached hydrogens (tertiary/aromatic N) is 4. The largest absolute Gasteiger partial charge is 0.416 e. The van der Waals surface area contributed by atoms with E-state index in [0.717, 1.165) is 12.1 Å². The third-order valence-corrected chi connectivity index (χ3v) is 4.72. The van der Waals surface area contributed by atoms with Gasteiger partial charge in [0, 0.05) is 18.6 Å². The number of carbonyl (C=O) groups excluding carboxylic acids is 1. The molecular formula is C22H17F3N6O3. The zero-order chi connectivity index (χ0) is 24.3. The lowest BCUT2D eigenvalue weighted by atomic mass is 10.2. The van der Waals surface area contributed by atoms with Crippen LogP contribution < -0.4 is 5.32 Å². The van der Waals surface area contributed by atoms with Crippen molar-refractivity contribution in [2.24, 2.45) is 0 Å². The Bertz CT molecular complexity index is 1400. The van der Waals surface area contributed by atoms with Gasteiger partial charge in [0.1, 0.15) is 23.4 Å². The lowest BCUT2D eigenvalue weighted by Crippen LogP contribution is -2.27. The molecule has 1 atom stereocenters. The first-order valence-corrected chi connectivity index (χ1v) is 10.0. The number of halogens is 3. The summed E-state index contributed by atoms with van der Waals surface area (Å²) in [5.74, 6) is 5.35. The van der Waals surface area contributed by atoms with Crippen LogP contribution in [0.3, 0.4) is 0 Å². The molecule has 0 unspecified atom stereocenters. The minimum absolute atomic E-state index is 0.0781. The summed E-state index contributed by atoms with van der Waals surface area (Å²) in [5.41, 5.74) is 0.545. The van der Waals surface area contributed by atoms with Crippen molar-refractivity contribution in [1.29, 1.82) is 0 Å². The predicted molar refractivity (Wildman–Crippen MR) is 113 cm³/mol. The van der Waals surface area contributed by atoms with Crippen molar-refractivity contribution in [2.75, 3.05) is 6.61 Å². The Kier molecular flexibility index (Phi) is 6.29. The van der Waals surface area contributed by atoms with Gasteiger partial charge in [-0.05, 0) is 31.0 Å². The van der Waals surface area contributed by atoms with E-state index in [1.807, 2.05) is 0 Å². The van der Waals surface area contributed by atoms with E-state index in [0.29, 0.717) is 16.9 Å². The monoisotopic (exact) mass is 470 g/mol. The van der Waals surface area contributed by atoms with E-state index in [-0.39, 0.29) is 35.8 Å². The molecule has 0 aliphatic heterocycles. The molecule has 1 aromatic carbocycles. The molecule has 3 N–H and O–H groups in total. The van der Waals surface area contributed by atoms with Crippen LogP contribution in [0.2, 0.25) is 0 Å². The molecule has 0 aliphatic rings. The lowest BCUT2D eigenvalue weighted by Gasteiger charge is -2.10. The van der Waals surface area contributed by atoms with E-state index in [2.05, 4.69) is 42.3 Å². The molecule has 3 aromatic heterocycles. The van der Waals surface area contributed by atoms with Crippen molar-refractivity contribution in [3.63, 3.8) is 0 Å². The van der Waals surface area contributed by atoms with Gasteiger partial charge in [-0.1, -0.05) is 11.1 Å². The summed E-state index contributed by atoms with van der Waals surface area (Å²) < 4.78 is 44.1. The molecule has 0 aliphatic carbocycles. The molecule has 0 bridgehead atoms. The van der Waals surface area contributed by atoms with Gasteiger partial charge in [0.05, 0.1) is 29.2 Å². The van der Waals surface area contributed by atoms with Crippen molar-refractivity contribution in [2.45, 2.75) is 25.6 Å². The first-order valence-electron chi connectivity index (χ1n) is 10.0. The van der Waals surface area contributed by atoms with Crippen LogP contribution in [0.25, 0.3) is 22.6 Å². The Morgan fingerprint density at radius 1 is 1.26 bits per heavy atom. The van der Waals surface area contributed by atoms with Gasteiger partial charge in [-0.3, -0.25) is 4.79 Å². The highest BCUT2D eigenvalue weighted by atomic mass is 19.4. The van der Waals surface area contributed by atoms with E-state index in [9.17, 15) is 18.0 Å². The molecule has 0 spiro atoms. The van der Waals surface area contributed by atoms with Crippen LogP contribution in [0.1, 0.15) is 46.8 Å². The van der Waals surface area contributed by atoms with Gasteiger partial charge in [-0.2, -0.15) is 13.2 Å². The van der Waals surface area contributed by atoms with Gasteiger partial charge in [0.15, 0.2) is 5.82 Å². The molecule has 0 saturated heterocycles. The molecule has 0 radical (unpaired) electrons.